The number of nitrogens with two attached hydrogens (primary N) is 1. The van der Waals surface area contributed by atoms with Crippen LogP contribution < -0.4 is 5.73 Å². The normalized spacial score (nSPS) is 11.3. The summed E-state index contributed by atoms with van der Waals surface area (Å²) >= 11 is 1.09. The number of pyridine rings is 1. The molecule has 3 rings (SSSR count). The van der Waals surface area contributed by atoms with Crippen LogP contribution >= 0.6 is 11.3 Å². The van der Waals surface area contributed by atoms with E-state index in [2.05, 4.69) is 9.97 Å². The fourth-order valence-corrected chi connectivity index (χ4v) is 3.25. The van der Waals surface area contributed by atoms with Gasteiger partial charge in [-0.3, -0.25) is 0 Å². The molecule has 0 amide bonds. The van der Waals surface area contributed by atoms with Crippen LogP contribution in [0, 0.1) is 18.3 Å². The Morgan fingerprint density at radius 2 is 1.88 bits per heavy atom. The van der Waals surface area contributed by atoms with Crippen molar-refractivity contribution in [1.29, 1.82) is 5.26 Å². The van der Waals surface area contributed by atoms with E-state index in [1.807, 2.05) is 6.07 Å². The number of aromatic nitrogens is 2. The van der Waals surface area contributed by atoms with Gasteiger partial charge < -0.3 is 5.73 Å². The molecule has 2 aromatic heterocycles. The Morgan fingerprint density at radius 3 is 2.56 bits per heavy atom. The van der Waals surface area contributed by atoms with Gasteiger partial charge in [0.05, 0.1) is 22.2 Å². The van der Waals surface area contributed by atoms with Crippen LogP contribution in [0.25, 0.3) is 21.7 Å². The molecule has 0 saturated carbocycles. The lowest BCUT2D eigenvalue weighted by Gasteiger charge is -2.10. The van der Waals surface area contributed by atoms with E-state index in [0.717, 1.165) is 17.4 Å². The fraction of sp³-hybridized carbons (Fsp3) is 0.118. The number of nitrogens with zero attached hydrogens (tertiary/aromatic N) is 3. The third-order valence-corrected chi connectivity index (χ3v) is 4.35. The highest BCUT2D eigenvalue weighted by Crippen LogP contribution is 2.40. The molecule has 0 aliphatic rings. The second-order valence-electron chi connectivity index (χ2n) is 5.30. The monoisotopic (exact) mass is 360 g/mol. The number of halogens is 3. The molecule has 0 saturated heterocycles. The molecule has 25 heavy (non-hydrogen) atoms. The minimum atomic E-state index is -4.54. The van der Waals surface area contributed by atoms with Crippen LogP contribution in [0.3, 0.4) is 0 Å². The van der Waals surface area contributed by atoms with Gasteiger partial charge in [-0.25, -0.2) is 9.97 Å². The number of hydrogen-bond acceptors (Lipinski definition) is 5. The summed E-state index contributed by atoms with van der Waals surface area (Å²) in [4.78, 5) is 8.29. The van der Waals surface area contributed by atoms with E-state index in [9.17, 15) is 13.2 Å². The van der Waals surface area contributed by atoms with Crippen molar-refractivity contribution in [3.8, 4) is 27.8 Å². The summed E-state index contributed by atoms with van der Waals surface area (Å²) in [5.41, 5.74) is 6.89. The lowest BCUT2D eigenvalue weighted by atomic mass is 10.0. The van der Waals surface area contributed by atoms with Crippen molar-refractivity contribution in [3.63, 3.8) is 0 Å². The quantitative estimate of drug-likeness (QED) is 0.721. The summed E-state index contributed by atoms with van der Waals surface area (Å²) in [6, 6.07) is 11.2. The van der Waals surface area contributed by atoms with E-state index in [4.69, 9.17) is 11.0 Å². The maximum atomic E-state index is 13.1. The first-order valence-electron chi connectivity index (χ1n) is 7.11. The van der Waals surface area contributed by atoms with Gasteiger partial charge in [0.15, 0.2) is 5.13 Å². The Labute approximate surface area is 145 Å². The highest BCUT2D eigenvalue weighted by atomic mass is 32.1. The number of thiazole rings is 1. The molecule has 0 radical (unpaired) electrons. The predicted octanol–water partition coefficient (Wildman–Crippen LogP) is 4.65. The molecule has 4 nitrogen and oxygen atoms in total. The first kappa shape index (κ1) is 16.9. The Balaban J connectivity index is 2.20. The van der Waals surface area contributed by atoms with E-state index >= 15 is 0 Å². The van der Waals surface area contributed by atoms with Gasteiger partial charge in [0.1, 0.15) is 5.69 Å². The van der Waals surface area contributed by atoms with Gasteiger partial charge in [0.2, 0.25) is 0 Å². The van der Waals surface area contributed by atoms with Crippen LogP contribution in [0.5, 0.6) is 0 Å². The first-order valence-corrected chi connectivity index (χ1v) is 7.92. The molecular weight excluding hydrogens is 349 g/mol. The molecule has 0 spiro atoms. The highest BCUT2D eigenvalue weighted by molar-refractivity contribution is 7.19. The molecule has 1 aromatic carbocycles. The number of rotatable bonds is 2. The van der Waals surface area contributed by atoms with Crippen molar-refractivity contribution in [2.45, 2.75) is 13.1 Å². The largest absolute Gasteiger partial charge is 0.433 e. The summed E-state index contributed by atoms with van der Waals surface area (Å²) in [5, 5.41) is 9.27. The molecular formula is C17H11F3N4S. The lowest BCUT2D eigenvalue weighted by molar-refractivity contribution is -0.141. The van der Waals surface area contributed by atoms with Gasteiger partial charge in [0.25, 0.3) is 0 Å². The molecule has 3 aromatic rings. The second kappa shape index (κ2) is 6.18. The van der Waals surface area contributed by atoms with Crippen molar-refractivity contribution in [2.24, 2.45) is 0 Å². The van der Waals surface area contributed by atoms with Crippen molar-refractivity contribution in [3.05, 3.63) is 53.3 Å². The average Bonchev–Trinajstić information content (AvgIpc) is 2.95. The van der Waals surface area contributed by atoms with Gasteiger partial charge in [-0.15, -0.1) is 0 Å². The highest BCUT2D eigenvalue weighted by Gasteiger charge is 2.33. The summed E-state index contributed by atoms with van der Waals surface area (Å²) in [6.07, 6.45) is -4.54. The topological polar surface area (TPSA) is 75.6 Å². The lowest BCUT2D eigenvalue weighted by Crippen LogP contribution is -2.08. The Kier molecular flexibility index (Phi) is 4.18. The summed E-state index contributed by atoms with van der Waals surface area (Å²) < 4.78 is 39.2. The second-order valence-corrected chi connectivity index (χ2v) is 6.33. The van der Waals surface area contributed by atoms with Crippen LogP contribution in [0.2, 0.25) is 0 Å². The summed E-state index contributed by atoms with van der Waals surface area (Å²) in [6.45, 7) is 1.50. The van der Waals surface area contributed by atoms with Crippen LogP contribution in [0.1, 0.15) is 17.0 Å². The Hall–Kier alpha value is -2.92. The van der Waals surface area contributed by atoms with Crippen LogP contribution in [-0.2, 0) is 6.18 Å². The van der Waals surface area contributed by atoms with Gasteiger partial charge in [-0.05, 0) is 36.8 Å². The minimum absolute atomic E-state index is 0.232. The SMILES string of the molecule is Cc1cc(-c2sc(N)nc2-c2cccc(C#N)c2)cc(C(F)(F)F)n1. The van der Waals surface area contributed by atoms with Gasteiger partial charge in [0, 0.05) is 11.3 Å². The number of nitrogen functional groups attached to an aromatic ring is 1. The molecule has 2 N–H and O–H groups in total. The number of benzene rings is 1. The zero-order chi connectivity index (χ0) is 18.2. The maximum Gasteiger partial charge on any atom is 0.433 e. The van der Waals surface area contributed by atoms with Crippen LogP contribution in [-0.4, -0.2) is 9.97 Å². The number of aryl methyl sites for hydroxylation is 1. The molecule has 0 unspecified atom stereocenters. The molecule has 126 valence electrons. The molecule has 8 heteroatoms. The van der Waals surface area contributed by atoms with E-state index < -0.39 is 11.9 Å². The van der Waals surface area contributed by atoms with Crippen molar-refractivity contribution < 1.29 is 13.2 Å². The molecule has 0 atom stereocenters. The minimum Gasteiger partial charge on any atom is -0.375 e. The first-order chi connectivity index (χ1) is 11.8. The molecule has 0 bridgehead atoms. The number of hydrogen-bond donors (Lipinski definition) is 1. The zero-order valence-corrected chi connectivity index (χ0v) is 13.7. The summed E-state index contributed by atoms with van der Waals surface area (Å²) in [7, 11) is 0. The smallest absolute Gasteiger partial charge is 0.375 e. The van der Waals surface area contributed by atoms with Crippen molar-refractivity contribution >= 4 is 16.5 Å². The molecule has 0 aliphatic heterocycles. The molecule has 0 fully saturated rings. The zero-order valence-electron chi connectivity index (χ0n) is 12.9. The number of nitriles is 1. The molecule has 2 heterocycles. The van der Waals surface area contributed by atoms with Gasteiger partial charge in [-0.2, -0.15) is 18.4 Å². The third kappa shape index (κ3) is 3.46. The summed E-state index contributed by atoms with van der Waals surface area (Å²) in [5.74, 6) is 0. The van der Waals surface area contributed by atoms with E-state index in [-0.39, 0.29) is 10.8 Å². The van der Waals surface area contributed by atoms with Crippen LogP contribution in [0.15, 0.2) is 36.4 Å². The van der Waals surface area contributed by atoms with Crippen molar-refractivity contribution in [2.75, 3.05) is 5.73 Å². The third-order valence-electron chi connectivity index (χ3n) is 3.41. The van der Waals surface area contributed by atoms with Crippen molar-refractivity contribution in [1.82, 2.24) is 9.97 Å². The maximum absolute atomic E-state index is 13.1. The number of alkyl halides is 3. The fourth-order valence-electron chi connectivity index (χ4n) is 2.41. The van der Waals surface area contributed by atoms with E-state index in [0.29, 0.717) is 27.3 Å². The van der Waals surface area contributed by atoms with E-state index in [1.165, 1.54) is 6.92 Å². The predicted molar refractivity (Wildman–Crippen MR) is 89.6 cm³/mol. The Bertz CT molecular complexity index is 986. The van der Waals surface area contributed by atoms with Gasteiger partial charge >= 0.3 is 6.18 Å². The molecule has 0 aliphatic carbocycles. The van der Waals surface area contributed by atoms with E-state index in [1.54, 1.807) is 30.3 Å². The number of anilines is 1. The van der Waals surface area contributed by atoms with Crippen LogP contribution in [0.4, 0.5) is 18.3 Å². The van der Waals surface area contributed by atoms with Gasteiger partial charge in [-0.1, -0.05) is 23.5 Å². The standard InChI is InChI=1S/C17H11F3N4S/c1-9-5-12(7-13(23-9)17(18,19)20)15-14(24-16(22)25-15)11-4-2-3-10(6-11)8-21/h2-7H,1H3,(H2,22,24). The Morgan fingerprint density at radius 1 is 1.12 bits per heavy atom. The average molecular weight is 360 g/mol.